The van der Waals surface area contributed by atoms with Crippen LogP contribution in [0.1, 0.15) is 21.9 Å². The second-order valence-corrected chi connectivity index (χ2v) is 3.80. The molecule has 0 saturated heterocycles. The standard InChI is InChI=1S/C10H10ClN3O2/c1-5-9(16-6(2)12-5)8-7(4-15)10(11)14(3)13-8/h4H,1-3H3. The third-order valence-corrected chi connectivity index (χ3v) is 2.70. The third kappa shape index (κ3) is 1.53. The first-order valence-corrected chi connectivity index (χ1v) is 5.04. The minimum atomic E-state index is 0.290. The number of oxazole rings is 1. The van der Waals surface area contributed by atoms with Crippen molar-refractivity contribution in [2.75, 3.05) is 0 Å². The number of aldehydes is 1. The van der Waals surface area contributed by atoms with Crippen molar-refractivity contribution in [2.24, 2.45) is 7.05 Å². The summed E-state index contributed by atoms with van der Waals surface area (Å²) in [5.41, 5.74) is 1.44. The highest BCUT2D eigenvalue weighted by Crippen LogP contribution is 2.29. The molecule has 0 aromatic carbocycles. The second kappa shape index (κ2) is 3.75. The van der Waals surface area contributed by atoms with Gasteiger partial charge in [-0.3, -0.25) is 9.48 Å². The van der Waals surface area contributed by atoms with Crippen LogP contribution >= 0.6 is 11.6 Å². The van der Waals surface area contributed by atoms with Gasteiger partial charge in [0.25, 0.3) is 0 Å². The molecule has 6 heteroatoms. The van der Waals surface area contributed by atoms with Crippen LogP contribution in [0.25, 0.3) is 11.5 Å². The highest BCUT2D eigenvalue weighted by atomic mass is 35.5. The second-order valence-electron chi connectivity index (χ2n) is 3.44. The number of halogens is 1. The van der Waals surface area contributed by atoms with E-state index in [4.69, 9.17) is 16.0 Å². The molecule has 0 aliphatic heterocycles. The topological polar surface area (TPSA) is 60.9 Å². The van der Waals surface area contributed by atoms with Gasteiger partial charge in [-0.2, -0.15) is 5.10 Å². The van der Waals surface area contributed by atoms with Crippen LogP contribution in [-0.2, 0) is 7.05 Å². The zero-order valence-corrected chi connectivity index (χ0v) is 9.87. The summed E-state index contributed by atoms with van der Waals surface area (Å²) in [6, 6.07) is 0. The molecule has 0 unspecified atom stereocenters. The van der Waals surface area contributed by atoms with Crippen LogP contribution in [0.5, 0.6) is 0 Å². The molecule has 0 aliphatic carbocycles. The molecule has 0 atom stereocenters. The van der Waals surface area contributed by atoms with E-state index in [1.165, 1.54) is 4.68 Å². The number of rotatable bonds is 2. The molecule has 2 heterocycles. The van der Waals surface area contributed by atoms with Crippen molar-refractivity contribution in [1.82, 2.24) is 14.8 Å². The van der Waals surface area contributed by atoms with Gasteiger partial charge in [-0.1, -0.05) is 11.6 Å². The van der Waals surface area contributed by atoms with E-state index >= 15 is 0 Å². The maximum atomic E-state index is 11.0. The molecule has 84 valence electrons. The van der Waals surface area contributed by atoms with E-state index in [1.54, 1.807) is 20.9 Å². The number of carbonyl (C=O) groups is 1. The third-order valence-electron chi connectivity index (χ3n) is 2.25. The highest BCUT2D eigenvalue weighted by molar-refractivity contribution is 6.32. The number of carbonyl (C=O) groups excluding carboxylic acids is 1. The van der Waals surface area contributed by atoms with E-state index in [0.717, 1.165) is 0 Å². The molecule has 0 saturated carbocycles. The lowest BCUT2D eigenvalue weighted by molar-refractivity contribution is 0.112. The smallest absolute Gasteiger partial charge is 0.192 e. The molecule has 0 amide bonds. The average Bonchev–Trinajstić information content (AvgIpc) is 2.69. The molecular formula is C10H10ClN3O2. The van der Waals surface area contributed by atoms with E-state index in [2.05, 4.69) is 10.1 Å². The van der Waals surface area contributed by atoms with Crippen LogP contribution in [0.2, 0.25) is 5.15 Å². The number of hydrogen-bond donors (Lipinski definition) is 0. The molecule has 0 bridgehead atoms. The summed E-state index contributed by atoms with van der Waals surface area (Å²) in [4.78, 5) is 15.1. The van der Waals surface area contributed by atoms with Crippen LogP contribution in [0, 0.1) is 13.8 Å². The first kappa shape index (κ1) is 10.9. The molecule has 0 aliphatic rings. The Balaban J connectivity index is 2.68. The summed E-state index contributed by atoms with van der Waals surface area (Å²) in [6.07, 6.45) is 0.669. The Morgan fingerprint density at radius 1 is 1.44 bits per heavy atom. The Hall–Kier alpha value is -1.62. The van der Waals surface area contributed by atoms with Gasteiger partial charge in [-0.05, 0) is 6.92 Å². The van der Waals surface area contributed by atoms with E-state index in [-0.39, 0.29) is 0 Å². The zero-order chi connectivity index (χ0) is 11.9. The summed E-state index contributed by atoms with van der Waals surface area (Å²) in [5, 5.41) is 4.44. The highest BCUT2D eigenvalue weighted by Gasteiger charge is 2.20. The van der Waals surface area contributed by atoms with Gasteiger partial charge in [-0.25, -0.2) is 4.98 Å². The summed E-state index contributed by atoms with van der Waals surface area (Å²) in [7, 11) is 1.66. The fourth-order valence-electron chi connectivity index (χ4n) is 1.54. The number of aryl methyl sites for hydroxylation is 3. The van der Waals surface area contributed by atoms with Gasteiger partial charge in [0, 0.05) is 14.0 Å². The van der Waals surface area contributed by atoms with Crippen LogP contribution in [-0.4, -0.2) is 21.1 Å². The Morgan fingerprint density at radius 3 is 2.62 bits per heavy atom. The number of hydrogen-bond acceptors (Lipinski definition) is 4. The molecule has 2 aromatic heterocycles. The fourth-order valence-corrected chi connectivity index (χ4v) is 1.71. The summed E-state index contributed by atoms with van der Waals surface area (Å²) in [5.74, 6) is 1.02. The first-order chi connectivity index (χ1) is 7.54. The number of aromatic nitrogens is 3. The fraction of sp³-hybridized carbons (Fsp3) is 0.300. The van der Waals surface area contributed by atoms with Gasteiger partial charge >= 0.3 is 0 Å². The predicted molar refractivity (Wildman–Crippen MR) is 58.6 cm³/mol. The predicted octanol–water partition coefficient (Wildman–Crippen LogP) is 2.16. The van der Waals surface area contributed by atoms with Gasteiger partial charge < -0.3 is 4.42 Å². The van der Waals surface area contributed by atoms with E-state index in [9.17, 15) is 4.79 Å². The van der Waals surface area contributed by atoms with Crippen molar-refractivity contribution in [1.29, 1.82) is 0 Å². The van der Waals surface area contributed by atoms with E-state index in [1.807, 2.05) is 0 Å². The van der Waals surface area contributed by atoms with Gasteiger partial charge in [-0.15, -0.1) is 0 Å². The Labute approximate surface area is 97.0 Å². The molecule has 0 spiro atoms. The van der Waals surface area contributed by atoms with Crippen LogP contribution < -0.4 is 0 Å². The van der Waals surface area contributed by atoms with Gasteiger partial charge in [0.15, 0.2) is 17.9 Å². The molecular weight excluding hydrogens is 230 g/mol. The van der Waals surface area contributed by atoms with Crippen molar-refractivity contribution in [2.45, 2.75) is 13.8 Å². The van der Waals surface area contributed by atoms with Crippen molar-refractivity contribution in [3.8, 4) is 11.5 Å². The van der Waals surface area contributed by atoms with Crippen LogP contribution in [0.15, 0.2) is 4.42 Å². The molecule has 0 fully saturated rings. The summed E-state index contributed by atoms with van der Waals surface area (Å²) >= 11 is 5.93. The van der Waals surface area contributed by atoms with Gasteiger partial charge in [0.2, 0.25) is 0 Å². The van der Waals surface area contributed by atoms with Gasteiger partial charge in [0.1, 0.15) is 10.8 Å². The van der Waals surface area contributed by atoms with Crippen molar-refractivity contribution >= 4 is 17.9 Å². The molecule has 2 rings (SSSR count). The number of nitrogens with zero attached hydrogens (tertiary/aromatic N) is 3. The lowest BCUT2D eigenvalue weighted by atomic mass is 10.2. The zero-order valence-electron chi connectivity index (χ0n) is 9.11. The molecule has 5 nitrogen and oxygen atoms in total. The maximum absolute atomic E-state index is 11.0. The van der Waals surface area contributed by atoms with Crippen molar-refractivity contribution < 1.29 is 9.21 Å². The van der Waals surface area contributed by atoms with Crippen molar-refractivity contribution in [3.05, 3.63) is 22.3 Å². The molecule has 0 N–H and O–H groups in total. The summed E-state index contributed by atoms with van der Waals surface area (Å²) in [6.45, 7) is 3.53. The average molecular weight is 240 g/mol. The normalized spacial score (nSPS) is 10.8. The minimum Gasteiger partial charge on any atom is -0.439 e. The minimum absolute atomic E-state index is 0.290. The lowest BCUT2D eigenvalue weighted by Gasteiger charge is -1.92. The molecule has 2 aromatic rings. The monoisotopic (exact) mass is 239 g/mol. The van der Waals surface area contributed by atoms with Crippen LogP contribution in [0.4, 0.5) is 0 Å². The molecule has 0 radical (unpaired) electrons. The van der Waals surface area contributed by atoms with E-state index < -0.39 is 0 Å². The summed E-state index contributed by atoms with van der Waals surface area (Å²) < 4.78 is 6.84. The van der Waals surface area contributed by atoms with Gasteiger partial charge in [0.05, 0.1) is 11.3 Å². The maximum Gasteiger partial charge on any atom is 0.192 e. The Bertz CT molecular complexity index is 557. The lowest BCUT2D eigenvalue weighted by Crippen LogP contribution is -1.89. The Morgan fingerprint density at radius 2 is 2.12 bits per heavy atom. The quantitative estimate of drug-likeness (QED) is 0.754. The largest absolute Gasteiger partial charge is 0.439 e. The van der Waals surface area contributed by atoms with E-state index in [0.29, 0.717) is 40.0 Å². The van der Waals surface area contributed by atoms with Crippen molar-refractivity contribution in [3.63, 3.8) is 0 Å². The SMILES string of the molecule is Cc1nc(C)c(-c2nn(C)c(Cl)c2C=O)o1. The Kier molecular flexibility index (Phi) is 2.55. The molecule has 16 heavy (non-hydrogen) atoms. The first-order valence-electron chi connectivity index (χ1n) is 4.66. The van der Waals surface area contributed by atoms with Crippen LogP contribution in [0.3, 0.4) is 0 Å².